The molecule has 4 nitrogen and oxygen atoms in total. The van der Waals surface area contributed by atoms with Gasteiger partial charge in [-0.2, -0.15) is 0 Å². The van der Waals surface area contributed by atoms with Crippen molar-refractivity contribution in [1.29, 1.82) is 0 Å². The summed E-state index contributed by atoms with van der Waals surface area (Å²) >= 11 is 0. The van der Waals surface area contributed by atoms with Crippen LogP contribution in [0, 0.1) is 0 Å². The molecule has 3 rings (SSSR count). The van der Waals surface area contributed by atoms with E-state index in [0.29, 0.717) is 17.7 Å². The van der Waals surface area contributed by atoms with Crippen LogP contribution in [-0.2, 0) is 6.42 Å². The van der Waals surface area contributed by atoms with Crippen LogP contribution in [-0.4, -0.2) is 24.0 Å². The van der Waals surface area contributed by atoms with Crippen molar-refractivity contribution in [1.82, 2.24) is 10.3 Å². The normalized spacial score (nSPS) is 11.6. The second-order valence-electron chi connectivity index (χ2n) is 6.15. The minimum Gasteiger partial charge on any atom is -0.495 e. The third-order valence-electron chi connectivity index (χ3n) is 4.17. The lowest BCUT2D eigenvalue weighted by Crippen LogP contribution is -2.34. The van der Waals surface area contributed by atoms with E-state index >= 15 is 0 Å². The Morgan fingerprint density at radius 3 is 2.50 bits per heavy atom. The van der Waals surface area contributed by atoms with Crippen LogP contribution >= 0.6 is 0 Å². The molecule has 1 atom stereocenters. The Kier molecular flexibility index (Phi) is 5.64. The van der Waals surface area contributed by atoms with Crippen LogP contribution in [0.25, 0.3) is 11.1 Å². The van der Waals surface area contributed by atoms with Gasteiger partial charge in [0.2, 0.25) is 0 Å². The topological polar surface area (TPSA) is 51.2 Å². The fourth-order valence-corrected chi connectivity index (χ4v) is 2.97. The highest BCUT2D eigenvalue weighted by Crippen LogP contribution is 2.33. The molecule has 0 spiro atoms. The van der Waals surface area contributed by atoms with Crippen LogP contribution in [0.5, 0.6) is 5.75 Å². The van der Waals surface area contributed by atoms with Gasteiger partial charge in [0.15, 0.2) is 0 Å². The number of benzene rings is 2. The van der Waals surface area contributed by atoms with E-state index in [1.165, 1.54) is 0 Å². The second kappa shape index (κ2) is 8.30. The van der Waals surface area contributed by atoms with Crippen LogP contribution < -0.4 is 10.1 Å². The maximum Gasteiger partial charge on any atom is 0.255 e. The molecule has 0 aliphatic carbocycles. The Hall–Kier alpha value is -3.14. The number of pyridine rings is 1. The fraction of sp³-hybridized carbons (Fsp3) is 0.182. The highest BCUT2D eigenvalue weighted by molar-refractivity contribution is 5.99. The molecule has 132 valence electrons. The first-order valence-corrected chi connectivity index (χ1v) is 8.62. The van der Waals surface area contributed by atoms with Crippen molar-refractivity contribution in [3.63, 3.8) is 0 Å². The van der Waals surface area contributed by atoms with E-state index in [9.17, 15) is 4.79 Å². The molecule has 0 saturated carbocycles. The highest BCUT2D eigenvalue weighted by Gasteiger charge is 2.18. The number of rotatable bonds is 6. The SMILES string of the molecule is COc1c(C(=O)NC(C)Cc2ccccn2)cccc1-c1ccccc1. The Labute approximate surface area is 153 Å². The van der Waals surface area contributed by atoms with Crippen LogP contribution in [0.15, 0.2) is 72.9 Å². The quantitative estimate of drug-likeness (QED) is 0.730. The number of nitrogens with zero attached hydrogens (tertiary/aromatic N) is 1. The summed E-state index contributed by atoms with van der Waals surface area (Å²) in [5.74, 6) is 0.435. The standard InChI is InChI=1S/C22H22N2O2/c1-16(15-18-11-6-7-14-23-18)24-22(25)20-13-8-12-19(21(20)26-2)17-9-4-3-5-10-17/h3-14,16H,15H2,1-2H3,(H,24,25). The van der Waals surface area contributed by atoms with E-state index in [2.05, 4.69) is 10.3 Å². The number of nitrogens with one attached hydrogen (secondary N) is 1. The highest BCUT2D eigenvalue weighted by atomic mass is 16.5. The lowest BCUT2D eigenvalue weighted by molar-refractivity contribution is 0.0937. The second-order valence-corrected chi connectivity index (χ2v) is 6.15. The maximum absolute atomic E-state index is 12.8. The molecule has 1 unspecified atom stereocenters. The molecule has 0 bridgehead atoms. The summed E-state index contributed by atoms with van der Waals surface area (Å²) in [4.78, 5) is 17.1. The molecule has 0 aliphatic heterocycles. The first-order valence-electron chi connectivity index (χ1n) is 8.62. The monoisotopic (exact) mass is 346 g/mol. The summed E-state index contributed by atoms with van der Waals surface area (Å²) in [5, 5.41) is 3.04. The van der Waals surface area contributed by atoms with E-state index < -0.39 is 0 Å². The largest absolute Gasteiger partial charge is 0.495 e. The number of hydrogen-bond acceptors (Lipinski definition) is 3. The van der Waals surface area contributed by atoms with E-state index in [4.69, 9.17) is 4.74 Å². The molecular formula is C22H22N2O2. The lowest BCUT2D eigenvalue weighted by atomic mass is 10.0. The number of amides is 1. The minimum absolute atomic E-state index is 0.0394. The van der Waals surface area contributed by atoms with Crippen LogP contribution in [0.2, 0.25) is 0 Å². The molecule has 0 radical (unpaired) electrons. The van der Waals surface area contributed by atoms with E-state index in [-0.39, 0.29) is 11.9 Å². The summed E-state index contributed by atoms with van der Waals surface area (Å²) < 4.78 is 5.58. The van der Waals surface area contributed by atoms with Gasteiger partial charge in [-0.1, -0.05) is 48.5 Å². The number of para-hydroxylation sites is 1. The molecule has 2 aromatic carbocycles. The van der Waals surface area contributed by atoms with Gasteiger partial charge < -0.3 is 10.1 Å². The number of aromatic nitrogens is 1. The molecule has 1 amide bonds. The summed E-state index contributed by atoms with van der Waals surface area (Å²) in [6.07, 6.45) is 2.43. The Morgan fingerprint density at radius 1 is 1.04 bits per heavy atom. The molecule has 1 aromatic heterocycles. The van der Waals surface area contributed by atoms with Crippen molar-refractivity contribution in [2.45, 2.75) is 19.4 Å². The van der Waals surface area contributed by atoms with Crippen molar-refractivity contribution < 1.29 is 9.53 Å². The van der Waals surface area contributed by atoms with Crippen molar-refractivity contribution in [2.75, 3.05) is 7.11 Å². The summed E-state index contributed by atoms with van der Waals surface area (Å²) in [6, 6.07) is 21.3. The molecule has 26 heavy (non-hydrogen) atoms. The fourth-order valence-electron chi connectivity index (χ4n) is 2.97. The lowest BCUT2D eigenvalue weighted by Gasteiger charge is -2.17. The molecule has 0 fully saturated rings. The Balaban J connectivity index is 1.81. The van der Waals surface area contributed by atoms with E-state index in [0.717, 1.165) is 16.8 Å². The van der Waals surface area contributed by atoms with Crippen molar-refractivity contribution in [3.05, 3.63) is 84.2 Å². The predicted molar refractivity (Wildman–Crippen MR) is 103 cm³/mol. The third-order valence-corrected chi connectivity index (χ3v) is 4.17. The van der Waals surface area contributed by atoms with Gasteiger partial charge in [-0.05, 0) is 30.7 Å². The average Bonchev–Trinajstić information content (AvgIpc) is 2.68. The van der Waals surface area contributed by atoms with Crippen molar-refractivity contribution >= 4 is 5.91 Å². The molecule has 3 aromatic rings. The van der Waals surface area contributed by atoms with Gasteiger partial charge in [-0.3, -0.25) is 9.78 Å². The van der Waals surface area contributed by atoms with E-state index in [1.54, 1.807) is 19.4 Å². The van der Waals surface area contributed by atoms with Gasteiger partial charge >= 0.3 is 0 Å². The zero-order valence-electron chi connectivity index (χ0n) is 15.0. The predicted octanol–water partition coefficient (Wildman–Crippen LogP) is 4.12. The summed E-state index contributed by atoms with van der Waals surface area (Å²) in [7, 11) is 1.59. The number of ether oxygens (including phenoxy) is 1. The molecule has 1 N–H and O–H groups in total. The Bertz CT molecular complexity index is 864. The van der Waals surface area contributed by atoms with E-state index in [1.807, 2.05) is 67.6 Å². The molecule has 1 heterocycles. The minimum atomic E-state index is -0.150. The van der Waals surface area contributed by atoms with Crippen LogP contribution in [0.4, 0.5) is 0 Å². The van der Waals surface area contributed by atoms with Gasteiger partial charge in [-0.25, -0.2) is 0 Å². The average molecular weight is 346 g/mol. The smallest absolute Gasteiger partial charge is 0.255 e. The van der Waals surface area contributed by atoms with Crippen LogP contribution in [0.3, 0.4) is 0 Å². The molecule has 0 saturated heterocycles. The number of carbonyl (C=O) groups is 1. The number of carbonyl (C=O) groups excluding carboxylic acids is 1. The van der Waals surface area contributed by atoms with Gasteiger partial charge in [0, 0.05) is 29.9 Å². The van der Waals surface area contributed by atoms with Gasteiger partial charge in [-0.15, -0.1) is 0 Å². The van der Waals surface area contributed by atoms with Crippen molar-refractivity contribution in [3.8, 4) is 16.9 Å². The number of methoxy groups -OCH3 is 1. The van der Waals surface area contributed by atoms with Crippen LogP contribution in [0.1, 0.15) is 23.0 Å². The molecule has 4 heteroatoms. The van der Waals surface area contributed by atoms with Gasteiger partial charge in [0.1, 0.15) is 5.75 Å². The van der Waals surface area contributed by atoms with Crippen molar-refractivity contribution in [2.24, 2.45) is 0 Å². The van der Waals surface area contributed by atoms with Gasteiger partial charge in [0.25, 0.3) is 5.91 Å². The third kappa shape index (κ3) is 4.09. The first kappa shape index (κ1) is 17.7. The summed E-state index contributed by atoms with van der Waals surface area (Å²) in [6.45, 7) is 1.97. The Morgan fingerprint density at radius 2 is 1.81 bits per heavy atom. The molecule has 0 aliphatic rings. The first-order chi connectivity index (χ1) is 12.7. The zero-order chi connectivity index (χ0) is 18.4. The maximum atomic E-state index is 12.8. The number of hydrogen-bond donors (Lipinski definition) is 1. The zero-order valence-corrected chi connectivity index (χ0v) is 15.0. The van der Waals surface area contributed by atoms with Gasteiger partial charge in [0.05, 0.1) is 12.7 Å². The molecular weight excluding hydrogens is 324 g/mol. The summed E-state index contributed by atoms with van der Waals surface area (Å²) in [5.41, 5.74) is 3.39.